The van der Waals surface area contributed by atoms with Gasteiger partial charge < -0.3 is 9.30 Å². The highest BCUT2D eigenvalue weighted by molar-refractivity contribution is 5.75. The molecule has 0 spiro atoms. The van der Waals surface area contributed by atoms with E-state index in [2.05, 4.69) is 23.3 Å². The number of nitrogens with zero attached hydrogens (tertiary/aromatic N) is 3. The Kier molecular flexibility index (Phi) is 5.15. The normalized spacial score (nSPS) is 10.6. The average molecular weight is 331 g/mol. The minimum atomic E-state index is 0.615. The first-order valence-corrected chi connectivity index (χ1v) is 8.41. The molecule has 25 heavy (non-hydrogen) atoms. The van der Waals surface area contributed by atoms with Crippen molar-refractivity contribution < 1.29 is 4.74 Å². The van der Waals surface area contributed by atoms with Gasteiger partial charge in [-0.15, -0.1) is 6.58 Å². The van der Waals surface area contributed by atoms with E-state index in [9.17, 15) is 0 Å². The lowest BCUT2D eigenvalue weighted by Crippen LogP contribution is -2.06. The molecule has 2 aromatic carbocycles. The molecule has 0 fully saturated rings. The first-order chi connectivity index (χ1) is 12.2. The largest absolute Gasteiger partial charge is 0.493 e. The average Bonchev–Trinajstić information content (AvgIpc) is 2.98. The lowest BCUT2D eigenvalue weighted by atomic mass is 10.1. The molecule has 0 unspecified atom stereocenters. The van der Waals surface area contributed by atoms with Crippen LogP contribution in [0.25, 0.3) is 11.0 Å². The fraction of sp³-hybridized carbons (Fsp3) is 0.238. The van der Waals surface area contributed by atoms with Crippen LogP contribution >= 0.6 is 0 Å². The Morgan fingerprint density at radius 1 is 1.28 bits per heavy atom. The van der Waals surface area contributed by atoms with E-state index in [0.29, 0.717) is 12.2 Å². The van der Waals surface area contributed by atoms with Crippen molar-refractivity contribution in [3.8, 4) is 11.8 Å². The van der Waals surface area contributed by atoms with Crippen LogP contribution in [0.3, 0.4) is 0 Å². The summed E-state index contributed by atoms with van der Waals surface area (Å²) in [5.74, 6) is 1.89. The molecule has 3 rings (SSSR count). The Hall–Kier alpha value is -3.06. The lowest BCUT2D eigenvalue weighted by Gasteiger charge is -2.10. The summed E-state index contributed by atoms with van der Waals surface area (Å²) in [4.78, 5) is 4.74. The number of nitriles is 1. The summed E-state index contributed by atoms with van der Waals surface area (Å²) >= 11 is 0. The molecule has 4 heteroatoms. The van der Waals surface area contributed by atoms with Crippen molar-refractivity contribution in [2.45, 2.75) is 26.3 Å². The van der Waals surface area contributed by atoms with Crippen LogP contribution in [-0.2, 0) is 13.0 Å². The van der Waals surface area contributed by atoms with Gasteiger partial charge in [0.25, 0.3) is 0 Å². The summed E-state index contributed by atoms with van der Waals surface area (Å²) in [5, 5.41) is 8.92. The highest BCUT2D eigenvalue weighted by atomic mass is 16.5. The van der Waals surface area contributed by atoms with Gasteiger partial charge in [0.2, 0.25) is 0 Å². The number of fused-ring (bicyclic) bond motifs is 1. The number of imidazole rings is 1. The molecule has 0 radical (unpaired) electrons. The van der Waals surface area contributed by atoms with Crippen molar-refractivity contribution in [2.75, 3.05) is 6.61 Å². The van der Waals surface area contributed by atoms with Crippen molar-refractivity contribution in [2.24, 2.45) is 0 Å². The van der Waals surface area contributed by atoms with Gasteiger partial charge in [-0.2, -0.15) is 5.26 Å². The SMILES string of the molecule is C=CCn1c(CCCOc2ccc(C#N)cc2C)nc2ccccc21. The van der Waals surface area contributed by atoms with E-state index in [1.807, 2.05) is 43.3 Å². The van der Waals surface area contributed by atoms with Crippen molar-refractivity contribution in [1.29, 1.82) is 5.26 Å². The van der Waals surface area contributed by atoms with Crippen molar-refractivity contribution >= 4 is 11.0 Å². The van der Waals surface area contributed by atoms with Crippen molar-refractivity contribution in [3.63, 3.8) is 0 Å². The van der Waals surface area contributed by atoms with E-state index in [1.54, 1.807) is 6.07 Å². The topological polar surface area (TPSA) is 50.8 Å². The maximum atomic E-state index is 8.92. The number of rotatable bonds is 7. The quantitative estimate of drug-likeness (QED) is 0.476. The minimum Gasteiger partial charge on any atom is -0.493 e. The van der Waals surface area contributed by atoms with Gasteiger partial charge in [0.15, 0.2) is 0 Å². The standard InChI is InChI=1S/C21H21N3O/c1-3-12-24-19-8-5-4-7-18(19)23-21(24)9-6-13-25-20-11-10-17(15-22)14-16(20)2/h3-5,7-8,10-11,14H,1,6,9,12-13H2,2H3. The maximum Gasteiger partial charge on any atom is 0.122 e. The molecule has 0 amide bonds. The van der Waals surface area contributed by atoms with Gasteiger partial charge in [0, 0.05) is 13.0 Å². The first-order valence-electron chi connectivity index (χ1n) is 8.41. The Morgan fingerprint density at radius 2 is 2.12 bits per heavy atom. The zero-order chi connectivity index (χ0) is 17.6. The Morgan fingerprint density at radius 3 is 2.88 bits per heavy atom. The molecule has 0 saturated heterocycles. The number of para-hydroxylation sites is 2. The van der Waals surface area contributed by atoms with Crippen LogP contribution in [0.5, 0.6) is 5.75 Å². The lowest BCUT2D eigenvalue weighted by molar-refractivity contribution is 0.307. The predicted octanol–water partition coefficient (Wildman–Crippen LogP) is 4.41. The van der Waals surface area contributed by atoms with Crippen molar-refractivity contribution in [3.05, 3.63) is 72.1 Å². The number of aryl methyl sites for hydroxylation is 2. The number of hydrogen-bond acceptors (Lipinski definition) is 3. The molecule has 0 bridgehead atoms. The van der Waals surface area contributed by atoms with Crippen LogP contribution in [-0.4, -0.2) is 16.2 Å². The molecule has 1 heterocycles. The summed E-state index contributed by atoms with van der Waals surface area (Å²) in [6.07, 6.45) is 3.62. The molecule has 0 aliphatic rings. The van der Waals surface area contributed by atoms with Crippen LogP contribution in [0.1, 0.15) is 23.4 Å². The van der Waals surface area contributed by atoms with Crippen LogP contribution in [0.15, 0.2) is 55.1 Å². The number of aromatic nitrogens is 2. The molecule has 1 aromatic heterocycles. The van der Waals surface area contributed by atoms with Gasteiger partial charge in [-0.25, -0.2) is 4.98 Å². The Bertz CT molecular complexity index is 934. The molecular weight excluding hydrogens is 310 g/mol. The molecule has 0 saturated carbocycles. The molecule has 4 nitrogen and oxygen atoms in total. The van der Waals surface area contributed by atoms with Gasteiger partial charge in [-0.1, -0.05) is 18.2 Å². The summed E-state index contributed by atoms with van der Waals surface area (Å²) in [6, 6.07) is 15.8. The number of hydrogen-bond donors (Lipinski definition) is 0. The van der Waals surface area contributed by atoms with Crippen LogP contribution < -0.4 is 4.74 Å². The number of allylic oxidation sites excluding steroid dienone is 1. The fourth-order valence-electron chi connectivity index (χ4n) is 2.94. The minimum absolute atomic E-state index is 0.615. The van der Waals surface area contributed by atoms with Gasteiger partial charge in [0.1, 0.15) is 11.6 Å². The van der Waals surface area contributed by atoms with Gasteiger partial charge in [0.05, 0.1) is 29.3 Å². The molecule has 126 valence electrons. The van der Waals surface area contributed by atoms with Crippen LogP contribution in [0, 0.1) is 18.3 Å². The van der Waals surface area contributed by atoms with E-state index in [4.69, 9.17) is 15.0 Å². The molecular formula is C21H21N3O. The maximum absolute atomic E-state index is 8.92. The smallest absolute Gasteiger partial charge is 0.122 e. The zero-order valence-electron chi connectivity index (χ0n) is 14.4. The van der Waals surface area contributed by atoms with E-state index < -0.39 is 0 Å². The summed E-state index contributed by atoms with van der Waals surface area (Å²) in [5.41, 5.74) is 3.80. The second kappa shape index (κ2) is 7.67. The van der Waals surface area contributed by atoms with Crippen molar-refractivity contribution in [1.82, 2.24) is 9.55 Å². The second-order valence-corrected chi connectivity index (χ2v) is 5.96. The van der Waals surface area contributed by atoms with E-state index in [0.717, 1.165) is 47.6 Å². The number of ether oxygens (including phenoxy) is 1. The third-order valence-electron chi connectivity index (χ3n) is 4.15. The van der Waals surface area contributed by atoms with Crippen LogP contribution in [0.2, 0.25) is 0 Å². The second-order valence-electron chi connectivity index (χ2n) is 5.96. The Balaban J connectivity index is 1.64. The molecule has 3 aromatic rings. The zero-order valence-corrected chi connectivity index (χ0v) is 14.4. The fourth-order valence-corrected chi connectivity index (χ4v) is 2.94. The highest BCUT2D eigenvalue weighted by Crippen LogP contribution is 2.20. The Labute approximate surface area is 148 Å². The molecule has 0 N–H and O–H groups in total. The highest BCUT2D eigenvalue weighted by Gasteiger charge is 2.09. The number of benzene rings is 2. The third-order valence-corrected chi connectivity index (χ3v) is 4.15. The third kappa shape index (κ3) is 3.72. The summed E-state index contributed by atoms with van der Waals surface area (Å²) < 4.78 is 8.07. The van der Waals surface area contributed by atoms with Gasteiger partial charge >= 0.3 is 0 Å². The van der Waals surface area contributed by atoms with Crippen LogP contribution in [0.4, 0.5) is 0 Å². The van der Waals surface area contributed by atoms with E-state index in [1.165, 1.54) is 0 Å². The molecule has 0 atom stereocenters. The predicted molar refractivity (Wildman–Crippen MR) is 99.6 cm³/mol. The summed E-state index contributed by atoms with van der Waals surface area (Å²) in [7, 11) is 0. The molecule has 0 aliphatic heterocycles. The first kappa shape index (κ1) is 16.8. The van der Waals surface area contributed by atoms with Gasteiger partial charge in [-0.05, 0) is 49.2 Å². The van der Waals surface area contributed by atoms with E-state index >= 15 is 0 Å². The monoisotopic (exact) mass is 331 g/mol. The molecule has 0 aliphatic carbocycles. The van der Waals surface area contributed by atoms with E-state index in [-0.39, 0.29) is 0 Å². The van der Waals surface area contributed by atoms with Gasteiger partial charge in [-0.3, -0.25) is 0 Å². The summed E-state index contributed by atoms with van der Waals surface area (Å²) in [6.45, 7) is 7.18.